The van der Waals surface area contributed by atoms with Crippen molar-refractivity contribution >= 4 is 12.0 Å². The molecule has 0 fully saturated rings. The Morgan fingerprint density at radius 1 is 1.06 bits per heavy atom. The number of esters is 1. The number of nitrogens with one attached hydrogen (secondary N) is 2. The quantitative estimate of drug-likeness (QED) is 0.591. The molecule has 0 aromatic heterocycles. The SMILES string of the molecule is CCCC1=C(C(=O)OC(C)C)C(c2ccc(OCc3ccc(C)cc3)cc2)NC(=O)N1. The van der Waals surface area contributed by atoms with E-state index >= 15 is 0 Å². The zero-order chi connectivity index (χ0) is 22.4. The molecule has 31 heavy (non-hydrogen) atoms. The minimum absolute atomic E-state index is 0.251. The molecular formula is C25H30N2O4. The van der Waals surface area contributed by atoms with Crippen LogP contribution >= 0.6 is 0 Å². The fourth-order valence-electron chi connectivity index (χ4n) is 3.44. The van der Waals surface area contributed by atoms with Crippen LogP contribution in [0.4, 0.5) is 4.79 Å². The van der Waals surface area contributed by atoms with Gasteiger partial charge < -0.3 is 20.1 Å². The van der Waals surface area contributed by atoms with Crippen molar-refractivity contribution in [3.8, 4) is 5.75 Å². The molecule has 0 saturated carbocycles. The smallest absolute Gasteiger partial charge is 0.338 e. The number of allylic oxidation sites excluding steroid dienone is 1. The Labute approximate surface area is 183 Å². The topological polar surface area (TPSA) is 76.7 Å². The van der Waals surface area contributed by atoms with Crippen LogP contribution in [0.1, 0.15) is 56.3 Å². The van der Waals surface area contributed by atoms with Crippen molar-refractivity contribution in [1.82, 2.24) is 10.6 Å². The van der Waals surface area contributed by atoms with Crippen LogP contribution in [0.3, 0.4) is 0 Å². The average Bonchev–Trinajstić information content (AvgIpc) is 2.73. The first-order valence-electron chi connectivity index (χ1n) is 10.7. The molecule has 1 heterocycles. The van der Waals surface area contributed by atoms with Gasteiger partial charge in [0.05, 0.1) is 17.7 Å². The van der Waals surface area contributed by atoms with Crippen molar-refractivity contribution < 1.29 is 19.1 Å². The van der Waals surface area contributed by atoms with Crippen LogP contribution < -0.4 is 15.4 Å². The summed E-state index contributed by atoms with van der Waals surface area (Å²) in [5, 5.41) is 5.64. The van der Waals surface area contributed by atoms with Crippen molar-refractivity contribution in [1.29, 1.82) is 0 Å². The van der Waals surface area contributed by atoms with E-state index in [0.29, 0.717) is 30.0 Å². The van der Waals surface area contributed by atoms with Gasteiger partial charge in [0, 0.05) is 5.70 Å². The Morgan fingerprint density at radius 3 is 2.35 bits per heavy atom. The van der Waals surface area contributed by atoms with Crippen LogP contribution in [0.2, 0.25) is 0 Å². The minimum atomic E-state index is -0.576. The van der Waals surface area contributed by atoms with Crippen LogP contribution in [0.15, 0.2) is 59.8 Å². The number of urea groups is 1. The lowest BCUT2D eigenvalue weighted by Crippen LogP contribution is -2.46. The maximum Gasteiger partial charge on any atom is 0.338 e. The molecule has 2 aromatic rings. The zero-order valence-electron chi connectivity index (χ0n) is 18.5. The van der Waals surface area contributed by atoms with Crippen LogP contribution in [0, 0.1) is 6.92 Å². The molecule has 6 nitrogen and oxygen atoms in total. The molecule has 1 unspecified atom stereocenters. The van der Waals surface area contributed by atoms with Gasteiger partial charge in [-0.2, -0.15) is 0 Å². The maximum absolute atomic E-state index is 12.8. The number of carbonyl (C=O) groups excluding carboxylic acids is 2. The molecular weight excluding hydrogens is 392 g/mol. The molecule has 2 N–H and O–H groups in total. The molecule has 0 aliphatic carbocycles. The summed E-state index contributed by atoms with van der Waals surface area (Å²) in [5.41, 5.74) is 4.15. The van der Waals surface area contributed by atoms with Gasteiger partial charge >= 0.3 is 12.0 Å². The molecule has 6 heteroatoms. The lowest BCUT2D eigenvalue weighted by atomic mass is 9.93. The van der Waals surface area contributed by atoms with E-state index in [9.17, 15) is 9.59 Å². The molecule has 2 aromatic carbocycles. The van der Waals surface area contributed by atoms with Crippen LogP contribution in [-0.2, 0) is 16.1 Å². The fourth-order valence-corrected chi connectivity index (χ4v) is 3.44. The Hall–Kier alpha value is -3.28. The summed E-state index contributed by atoms with van der Waals surface area (Å²) in [4.78, 5) is 25.1. The highest BCUT2D eigenvalue weighted by atomic mass is 16.5. The van der Waals surface area contributed by atoms with Crippen LogP contribution in [-0.4, -0.2) is 18.1 Å². The first-order valence-corrected chi connectivity index (χ1v) is 10.7. The van der Waals surface area contributed by atoms with Gasteiger partial charge in [-0.1, -0.05) is 55.3 Å². The molecule has 2 amide bonds. The highest BCUT2D eigenvalue weighted by Gasteiger charge is 2.33. The number of benzene rings is 2. The monoisotopic (exact) mass is 422 g/mol. The van der Waals surface area contributed by atoms with E-state index in [2.05, 4.69) is 29.7 Å². The summed E-state index contributed by atoms with van der Waals surface area (Å²) in [7, 11) is 0. The third kappa shape index (κ3) is 5.87. The molecule has 0 spiro atoms. The van der Waals surface area contributed by atoms with Gasteiger partial charge in [-0.3, -0.25) is 0 Å². The number of amides is 2. The predicted octanol–water partition coefficient (Wildman–Crippen LogP) is 4.93. The molecule has 0 bridgehead atoms. The number of hydrogen-bond acceptors (Lipinski definition) is 4. The Balaban J connectivity index is 1.81. The lowest BCUT2D eigenvalue weighted by Gasteiger charge is -2.30. The number of hydrogen-bond donors (Lipinski definition) is 2. The van der Waals surface area contributed by atoms with E-state index in [0.717, 1.165) is 17.5 Å². The third-order valence-electron chi connectivity index (χ3n) is 4.96. The van der Waals surface area contributed by atoms with E-state index in [1.54, 1.807) is 0 Å². The van der Waals surface area contributed by atoms with Crippen molar-refractivity contribution in [2.45, 2.75) is 59.3 Å². The fraction of sp³-hybridized carbons (Fsp3) is 0.360. The summed E-state index contributed by atoms with van der Waals surface area (Å²) in [6, 6.07) is 14.7. The number of ether oxygens (including phenoxy) is 2. The van der Waals surface area contributed by atoms with Crippen LogP contribution in [0.25, 0.3) is 0 Å². The largest absolute Gasteiger partial charge is 0.489 e. The van der Waals surface area contributed by atoms with E-state index in [-0.39, 0.29) is 12.1 Å². The predicted molar refractivity (Wildman–Crippen MR) is 120 cm³/mol. The van der Waals surface area contributed by atoms with Crippen molar-refractivity contribution in [2.24, 2.45) is 0 Å². The zero-order valence-corrected chi connectivity index (χ0v) is 18.5. The van der Waals surface area contributed by atoms with Crippen LogP contribution in [0.5, 0.6) is 5.75 Å². The first kappa shape index (κ1) is 22.4. The molecule has 0 radical (unpaired) electrons. The third-order valence-corrected chi connectivity index (χ3v) is 4.96. The molecule has 0 saturated heterocycles. The maximum atomic E-state index is 12.8. The van der Waals surface area contributed by atoms with Crippen molar-refractivity contribution in [2.75, 3.05) is 0 Å². The summed E-state index contributed by atoms with van der Waals surface area (Å²) in [6.45, 7) is 8.14. The number of aryl methyl sites for hydroxylation is 1. The van der Waals surface area contributed by atoms with Gasteiger partial charge in [0.25, 0.3) is 0 Å². The Kier molecular flexibility index (Phi) is 7.34. The van der Waals surface area contributed by atoms with Crippen molar-refractivity contribution in [3.63, 3.8) is 0 Å². The average molecular weight is 423 g/mol. The highest BCUT2D eigenvalue weighted by molar-refractivity contribution is 5.95. The van der Waals surface area contributed by atoms with Gasteiger partial charge in [-0.05, 0) is 50.5 Å². The highest BCUT2D eigenvalue weighted by Crippen LogP contribution is 2.30. The minimum Gasteiger partial charge on any atom is -0.489 e. The summed E-state index contributed by atoms with van der Waals surface area (Å²) in [5.74, 6) is 0.296. The normalized spacial score (nSPS) is 16.0. The standard InChI is InChI=1S/C25H30N2O4/c1-5-6-21-22(24(28)31-16(2)3)23(27-25(29)26-21)19-11-13-20(14-12-19)30-15-18-9-7-17(4)8-10-18/h7-14,16,23H,5-6,15H2,1-4H3,(H2,26,27,29). The molecule has 164 valence electrons. The van der Waals surface area contributed by atoms with Gasteiger partial charge in [-0.15, -0.1) is 0 Å². The summed E-state index contributed by atoms with van der Waals surface area (Å²) in [6.07, 6.45) is 1.13. The Morgan fingerprint density at radius 2 is 1.74 bits per heavy atom. The molecule has 1 aliphatic heterocycles. The van der Waals surface area contributed by atoms with Gasteiger partial charge in [0.2, 0.25) is 0 Å². The van der Waals surface area contributed by atoms with Crippen molar-refractivity contribution in [3.05, 3.63) is 76.5 Å². The van der Waals surface area contributed by atoms with E-state index < -0.39 is 12.0 Å². The molecule has 1 atom stereocenters. The Bertz CT molecular complexity index is 946. The van der Waals surface area contributed by atoms with E-state index in [4.69, 9.17) is 9.47 Å². The summed E-state index contributed by atoms with van der Waals surface area (Å²) < 4.78 is 11.3. The molecule has 1 aliphatic rings. The van der Waals surface area contributed by atoms with Gasteiger partial charge in [0.15, 0.2) is 0 Å². The van der Waals surface area contributed by atoms with E-state index in [1.807, 2.05) is 57.2 Å². The number of rotatable bonds is 8. The number of carbonyl (C=O) groups is 2. The summed E-state index contributed by atoms with van der Waals surface area (Å²) >= 11 is 0. The van der Waals surface area contributed by atoms with E-state index in [1.165, 1.54) is 5.56 Å². The second-order valence-corrected chi connectivity index (χ2v) is 7.97. The van der Waals surface area contributed by atoms with Gasteiger partial charge in [-0.25, -0.2) is 9.59 Å². The molecule has 3 rings (SSSR count). The lowest BCUT2D eigenvalue weighted by molar-refractivity contribution is -0.143. The second kappa shape index (κ2) is 10.2. The van der Waals surface area contributed by atoms with Gasteiger partial charge in [0.1, 0.15) is 12.4 Å². The second-order valence-electron chi connectivity index (χ2n) is 7.97. The first-order chi connectivity index (χ1) is 14.9.